The lowest BCUT2D eigenvalue weighted by molar-refractivity contribution is 0.426. The summed E-state index contributed by atoms with van der Waals surface area (Å²) in [6.45, 7) is 0. The van der Waals surface area contributed by atoms with E-state index in [1.165, 1.54) is 0 Å². The van der Waals surface area contributed by atoms with Crippen molar-refractivity contribution in [1.82, 2.24) is 0 Å². The number of nitrogens with zero attached hydrogens (tertiary/aromatic N) is 1. The number of hydrogen-bond donors (Lipinski definition) is 2. The molecule has 0 amide bonds. The molecule has 0 radical (unpaired) electrons. The van der Waals surface area contributed by atoms with Crippen LogP contribution in [-0.4, -0.2) is 17.2 Å². The van der Waals surface area contributed by atoms with Gasteiger partial charge < -0.3 is 23.8 Å². The van der Waals surface area contributed by atoms with E-state index in [0.29, 0.717) is 5.46 Å². The second-order valence-corrected chi connectivity index (χ2v) is 11.5. The van der Waals surface area contributed by atoms with Crippen LogP contribution in [0.2, 0.25) is 0 Å². The maximum absolute atomic E-state index is 9.76. The van der Waals surface area contributed by atoms with Gasteiger partial charge in [0, 0.05) is 32.9 Å². The fraction of sp³-hybridized carbons (Fsp3) is 0. The van der Waals surface area contributed by atoms with Gasteiger partial charge in [-0.15, -0.1) is 0 Å². The molecule has 0 unspecified atom stereocenters. The van der Waals surface area contributed by atoms with Gasteiger partial charge in [-0.3, -0.25) is 0 Å². The minimum absolute atomic E-state index is 0.430. The van der Waals surface area contributed by atoms with Crippen LogP contribution in [0.1, 0.15) is 0 Å². The molecular weight excluding hydrogens is 569 g/mol. The number of rotatable bonds is 5. The Morgan fingerprint density at radius 2 is 1.13 bits per heavy atom. The highest BCUT2D eigenvalue weighted by Gasteiger charge is 2.21. The Morgan fingerprint density at radius 3 is 1.91 bits per heavy atom. The van der Waals surface area contributed by atoms with Gasteiger partial charge in [0.1, 0.15) is 22.3 Å². The number of anilines is 3. The summed E-state index contributed by atoms with van der Waals surface area (Å²) in [5.74, 6) is 0. The zero-order valence-electron chi connectivity index (χ0n) is 24.6. The average molecular weight is 595 g/mol. The predicted molar refractivity (Wildman–Crippen MR) is 188 cm³/mol. The average Bonchev–Trinajstić information content (AvgIpc) is 3.68. The standard InChI is InChI=1S/C40H26BNO4/c43-41(44)27-18-22-29(23-19-27)42(34-11-6-14-37-39(34)32-9-3-4-12-35(32)45-37)28-20-15-26(16-21-28)30-10-5-13-36-38(30)33-24-17-25-7-1-2-8-31(25)40(33)46-36/h1-24,43-44H. The van der Waals surface area contributed by atoms with Gasteiger partial charge in [0.15, 0.2) is 0 Å². The summed E-state index contributed by atoms with van der Waals surface area (Å²) >= 11 is 0. The first kappa shape index (κ1) is 26.6. The van der Waals surface area contributed by atoms with Gasteiger partial charge in [-0.1, -0.05) is 91.0 Å². The first-order chi connectivity index (χ1) is 22.6. The Bertz CT molecular complexity index is 2570. The summed E-state index contributed by atoms with van der Waals surface area (Å²) in [5, 5.41) is 26.0. The number of benzene rings is 7. The van der Waals surface area contributed by atoms with Crippen LogP contribution in [0.5, 0.6) is 0 Å². The van der Waals surface area contributed by atoms with Gasteiger partial charge in [-0.2, -0.15) is 0 Å². The van der Waals surface area contributed by atoms with Gasteiger partial charge in [0.05, 0.1) is 11.1 Å². The van der Waals surface area contributed by atoms with Crippen molar-refractivity contribution in [1.29, 1.82) is 0 Å². The molecule has 0 fully saturated rings. The molecule has 0 aliphatic heterocycles. The van der Waals surface area contributed by atoms with Crippen molar-refractivity contribution in [2.45, 2.75) is 0 Å². The number of para-hydroxylation sites is 1. The monoisotopic (exact) mass is 595 g/mol. The molecule has 0 bridgehead atoms. The molecule has 2 heterocycles. The summed E-state index contributed by atoms with van der Waals surface area (Å²) in [6, 6.07) is 48.9. The van der Waals surface area contributed by atoms with Crippen LogP contribution >= 0.6 is 0 Å². The van der Waals surface area contributed by atoms with Crippen molar-refractivity contribution in [2.75, 3.05) is 4.90 Å². The third-order valence-corrected chi connectivity index (χ3v) is 8.89. The van der Waals surface area contributed by atoms with Crippen molar-refractivity contribution >= 4 is 84.3 Å². The number of hydrogen-bond acceptors (Lipinski definition) is 5. The van der Waals surface area contributed by atoms with E-state index in [9.17, 15) is 10.0 Å². The van der Waals surface area contributed by atoms with Gasteiger partial charge >= 0.3 is 7.12 Å². The minimum atomic E-state index is -1.54. The summed E-state index contributed by atoms with van der Waals surface area (Å²) in [4.78, 5) is 2.18. The summed E-state index contributed by atoms with van der Waals surface area (Å²) < 4.78 is 12.7. The second-order valence-electron chi connectivity index (χ2n) is 11.5. The first-order valence-corrected chi connectivity index (χ1v) is 15.2. The molecule has 5 nitrogen and oxygen atoms in total. The van der Waals surface area contributed by atoms with E-state index in [-0.39, 0.29) is 0 Å². The Labute approximate surface area is 264 Å². The van der Waals surface area contributed by atoms with Gasteiger partial charge in [-0.25, -0.2) is 0 Å². The SMILES string of the molecule is OB(O)c1ccc(N(c2ccc(-c3cccc4oc5c6ccccc6ccc5c34)cc2)c2cccc3oc4ccccc4c23)cc1. The number of furan rings is 2. The molecule has 6 heteroatoms. The fourth-order valence-electron chi connectivity index (χ4n) is 6.75. The van der Waals surface area contributed by atoms with Gasteiger partial charge in [0.2, 0.25) is 0 Å². The fourth-order valence-corrected chi connectivity index (χ4v) is 6.75. The molecule has 0 saturated heterocycles. The van der Waals surface area contributed by atoms with Crippen LogP contribution in [0.4, 0.5) is 17.1 Å². The number of fused-ring (bicyclic) bond motifs is 8. The highest BCUT2D eigenvalue weighted by molar-refractivity contribution is 6.58. The molecule has 46 heavy (non-hydrogen) atoms. The minimum Gasteiger partial charge on any atom is -0.456 e. The van der Waals surface area contributed by atoms with Crippen LogP contribution in [-0.2, 0) is 0 Å². The Kier molecular flexibility index (Phi) is 6.00. The molecule has 9 aromatic rings. The summed E-state index contributed by atoms with van der Waals surface area (Å²) in [6.07, 6.45) is 0. The molecule has 2 aromatic heterocycles. The van der Waals surface area contributed by atoms with E-state index in [4.69, 9.17) is 8.83 Å². The lowest BCUT2D eigenvalue weighted by Crippen LogP contribution is -2.29. The summed E-state index contributed by atoms with van der Waals surface area (Å²) in [7, 11) is -1.54. The molecule has 0 spiro atoms. The molecule has 0 aliphatic carbocycles. The molecule has 0 aliphatic rings. The largest absolute Gasteiger partial charge is 0.488 e. The van der Waals surface area contributed by atoms with Crippen LogP contribution in [0, 0.1) is 0 Å². The van der Waals surface area contributed by atoms with Crippen molar-refractivity contribution in [3.63, 3.8) is 0 Å². The van der Waals surface area contributed by atoms with E-state index >= 15 is 0 Å². The topological polar surface area (TPSA) is 70.0 Å². The Hall–Kier alpha value is -5.82. The molecule has 2 N–H and O–H groups in total. The zero-order chi connectivity index (χ0) is 30.8. The van der Waals surface area contributed by atoms with Crippen LogP contribution in [0.3, 0.4) is 0 Å². The third-order valence-electron chi connectivity index (χ3n) is 8.89. The third kappa shape index (κ3) is 4.12. The van der Waals surface area contributed by atoms with E-state index < -0.39 is 7.12 Å². The molecule has 7 aromatic carbocycles. The van der Waals surface area contributed by atoms with Gasteiger partial charge in [0.25, 0.3) is 0 Å². The van der Waals surface area contributed by atoms with E-state index in [1.54, 1.807) is 12.1 Å². The molecule has 0 saturated carbocycles. The molecule has 0 atom stereocenters. The van der Waals surface area contributed by atoms with E-state index in [0.717, 1.165) is 82.8 Å². The van der Waals surface area contributed by atoms with Crippen molar-refractivity contribution in [3.8, 4) is 11.1 Å². The smallest absolute Gasteiger partial charge is 0.456 e. The molecule has 9 rings (SSSR count). The first-order valence-electron chi connectivity index (χ1n) is 15.2. The van der Waals surface area contributed by atoms with Crippen molar-refractivity contribution in [3.05, 3.63) is 146 Å². The quantitative estimate of drug-likeness (QED) is 0.194. The van der Waals surface area contributed by atoms with Crippen molar-refractivity contribution < 1.29 is 18.9 Å². The van der Waals surface area contributed by atoms with Crippen molar-refractivity contribution in [2.24, 2.45) is 0 Å². The molecule has 218 valence electrons. The Morgan fingerprint density at radius 1 is 0.478 bits per heavy atom. The maximum atomic E-state index is 9.76. The normalized spacial score (nSPS) is 11.7. The Balaban J connectivity index is 1.22. The van der Waals surface area contributed by atoms with Crippen LogP contribution in [0.15, 0.2) is 154 Å². The van der Waals surface area contributed by atoms with E-state index in [2.05, 4.69) is 71.6 Å². The van der Waals surface area contributed by atoms with Gasteiger partial charge in [-0.05, 0) is 76.6 Å². The second kappa shape index (κ2) is 10.4. The zero-order valence-corrected chi connectivity index (χ0v) is 24.6. The van der Waals surface area contributed by atoms with Crippen LogP contribution in [0.25, 0.3) is 65.8 Å². The highest BCUT2D eigenvalue weighted by Crippen LogP contribution is 2.44. The predicted octanol–water partition coefficient (Wildman–Crippen LogP) is 9.46. The van der Waals surface area contributed by atoms with Crippen LogP contribution < -0.4 is 10.4 Å². The van der Waals surface area contributed by atoms with E-state index in [1.807, 2.05) is 66.7 Å². The highest BCUT2D eigenvalue weighted by atomic mass is 16.4. The maximum Gasteiger partial charge on any atom is 0.488 e. The lowest BCUT2D eigenvalue weighted by Gasteiger charge is -2.26. The summed E-state index contributed by atoms with van der Waals surface area (Å²) in [5.41, 5.74) is 8.80. The molecular formula is C40H26BNO4. The lowest BCUT2D eigenvalue weighted by atomic mass is 9.80.